The predicted octanol–water partition coefficient (Wildman–Crippen LogP) is 4.51. The van der Waals surface area contributed by atoms with Gasteiger partial charge in [-0.2, -0.15) is 0 Å². The van der Waals surface area contributed by atoms with Gasteiger partial charge in [0.2, 0.25) is 3.79 Å². The second kappa shape index (κ2) is 9.49. The molecule has 0 aliphatic rings. The summed E-state index contributed by atoms with van der Waals surface area (Å²) in [5, 5.41) is 12.2. The molecule has 1 aromatic heterocycles. The summed E-state index contributed by atoms with van der Waals surface area (Å²) < 4.78 is 7.80. The Morgan fingerprint density at radius 2 is 2.22 bits per heavy atom. The molecule has 0 bridgehead atoms. The molecular formula is C14H16Cl3NO4S. The summed E-state index contributed by atoms with van der Waals surface area (Å²) >= 11 is 17.7. The Labute approximate surface area is 153 Å². The zero-order valence-electron chi connectivity index (χ0n) is 12.3. The second-order valence-electron chi connectivity index (χ2n) is 4.54. The molecule has 0 saturated carbocycles. The number of aliphatic hydroxyl groups is 1. The van der Waals surface area contributed by atoms with Gasteiger partial charge in [-0.25, -0.2) is 9.78 Å². The fraction of sp³-hybridized carbons (Fsp3) is 0.429. The summed E-state index contributed by atoms with van der Waals surface area (Å²) in [7, 11) is 0. The Hall–Kier alpha value is -0.790. The maximum Gasteiger partial charge on any atom is 0.508 e. The van der Waals surface area contributed by atoms with Gasteiger partial charge in [0.1, 0.15) is 18.2 Å². The summed E-state index contributed by atoms with van der Waals surface area (Å²) in [5.74, 6) is 0. The first-order chi connectivity index (χ1) is 10.7. The second-order valence-corrected chi connectivity index (χ2v) is 8.00. The third-order valence-corrected chi connectivity index (χ3v) is 3.70. The number of hydrogen-bond donors (Lipinski definition) is 1. The molecular weight excluding hydrogens is 385 g/mol. The fourth-order valence-electron chi connectivity index (χ4n) is 1.43. The van der Waals surface area contributed by atoms with Crippen LogP contribution in [0.4, 0.5) is 4.79 Å². The number of hydrogen-bond acceptors (Lipinski definition) is 6. The molecule has 9 heteroatoms. The smallest absolute Gasteiger partial charge is 0.430 e. The number of carbonyl (C=O) groups excluding carboxylic acids is 1. The largest absolute Gasteiger partial charge is 0.508 e. The molecule has 0 aromatic carbocycles. The third kappa shape index (κ3) is 8.58. The number of thiazole rings is 1. The van der Waals surface area contributed by atoms with Crippen LogP contribution in [0, 0.1) is 0 Å². The molecule has 128 valence electrons. The van der Waals surface area contributed by atoms with Crippen LogP contribution in [-0.4, -0.2) is 32.7 Å². The maximum absolute atomic E-state index is 11.3. The number of aliphatic hydroxyl groups excluding tert-OH is 1. The summed E-state index contributed by atoms with van der Waals surface area (Å²) in [6.07, 6.45) is 2.34. The molecule has 1 heterocycles. The van der Waals surface area contributed by atoms with Crippen molar-refractivity contribution in [1.82, 2.24) is 4.98 Å². The van der Waals surface area contributed by atoms with E-state index in [-0.39, 0.29) is 6.61 Å². The first-order valence-corrected chi connectivity index (χ1v) is 8.50. The minimum absolute atomic E-state index is 0.0501. The first-order valence-electron chi connectivity index (χ1n) is 6.49. The summed E-state index contributed by atoms with van der Waals surface area (Å²) in [6.45, 7) is 4.93. The Balaban J connectivity index is 2.49. The molecule has 0 aliphatic carbocycles. The highest BCUT2D eigenvalue weighted by Crippen LogP contribution is 2.26. The molecule has 1 rings (SSSR count). The van der Waals surface area contributed by atoms with Crippen molar-refractivity contribution in [3.05, 3.63) is 34.3 Å². The van der Waals surface area contributed by atoms with Crippen molar-refractivity contribution in [3.8, 4) is 0 Å². The lowest BCUT2D eigenvalue weighted by Gasteiger charge is -2.10. The molecule has 1 N–H and O–H groups in total. The molecule has 0 saturated heterocycles. The van der Waals surface area contributed by atoms with Crippen molar-refractivity contribution in [2.75, 3.05) is 6.61 Å². The van der Waals surface area contributed by atoms with Crippen LogP contribution in [0.15, 0.2) is 23.6 Å². The van der Waals surface area contributed by atoms with Gasteiger partial charge in [0.25, 0.3) is 0 Å². The van der Waals surface area contributed by atoms with Crippen LogP contribution in [0.1, 0.15) is 24.0 Å². The lowest BCUT2D eigenvalue weighted by Crippen LogP contribution is -2.17. The van der Waals surface area contributed by atoms with E-state index < -0.39 is 22.7 Å². The number of carbonyl (C=O) groups is 1. The Kier molecular flexibility index (Phi) is 8.36. The molecule has 0 radical (unpaired) electrons. The van der Waals surface area contributed by atoms with E-state index in [1.54, 1.807) is 24.5 Å². The van der Waals surface area contributed by atoms with Crippen LogP contribution in [0.5, 0.6) is 0 Å². The number of halogens is 3. The van der Waals surface area contributed by atoms with Crippen LogP contribution < -0.4 is 0 Å². The van der Waals surface area contributed by atoms with Crippen molar-refractivity contribution in [2.45, 2.75) is 29.8 Å². The minimum atomic E-state index is -1.68. The van der Waals surface area contributed by atoms with Crippen molar-refractivity contribution in [1.29, 1.82) is 0 Å². The van der Waals surface area contributed by atoms with E-state index in [0.29, 0.717) is 17.1 Å². The van der Waals surface area contributed by atoms with Gasteiger partial charge >= 0.3 is 6.16 Å². The third-order valence-electron chi connectivity index (χ3n) is 2.53. The SMILES string of the molecule is C=CC[C@H](O)/C(C)=C/c1csc(COC(=O)OCC(Cl)(Cl)Cl)n1. The molecule has 1 atom stereocenters. The average molecular weight is 401 g/mol. The quantitative estimate of drug-likeness (QED) is 0.414. The van der Waals surface area contributed by atoms with Crippen LogP contribution in [-0.2, 0) is 16.1 Å². The number of nitrogens with zero attached hydrogens (tertiary/aromatic N) is 1. The van der Waals surface area contributed by atoms with Gasteiger partial charge < -0.3 is 14.6 Å². The predicted molar refractivity (Wildman–Crippen MR) is 93.0 cm³/mol. The normalized spacial score (nSPS) is 13.5. The molecule has 0 spiro atoms. The van der Waals surface area contributed by atoms with Gasteiger partial charge in [0, 0.05) is 5.38 Å². The van der Waals surface area contributed by atoms with Crippen LogP contribution >= 0.6 is 46.1 Å². The molecule has 0 amide bonds. The van der Waals surface area contributed by atoms with Gasteiger partial charge in [-0.05, 0) is 25.0 Å². The summed E-state index contributed by atoms with van der Waals surface area (Å²) in [4.78, 5) is 15.6. The zero-order chi connectivity index (χ0) is 17.5. The van der Waals surface area contributed by atoms with Gasteiger partial charge in [-0.15, -0.1) is 17.9 Å². The molecule has 0 aliphatic heterocycles. The molecule has 23 heavy (non-hydrogen) atoms. The van der Waals surface area contributed by atoms with E-state index in [2.05, 4.69) is 16.3 Å². The molecule has 0 fully saturated rings. The van der Waals surface area contributed by atoms with E-state index in [1.807, 2.05) is 0 Å². The van der Waals surface area contributed by atoms with Crippen molar-refractivity contribution < 1.29 is 19.4 Å². The van der Waals surface area contributed by atoms with Crippen LogP contribution in [0.3, 0.4) is 0 Å². The highest BCUT2D eigenvalue weighted by atomic mass is 35.6. The van der Waals surface area contributed by atoms with Crippen molar-refractivity contribution in [2.24, 2.45) is 0 Å². The Morgan fingerprint density at radius 1 is 1.52 bits per heavy atom. The maximum atomic E-state index is 11.3. The number of ether oxygens (including phenoxy) is 2. The van der Waals surface area contributed by atoms with Crippen molar-refractivity contribution in [3.63, 3.8) is 0 Å². The molecule has 5 nitrogen and oxygen atoms in total. The zero-order valence-corrected chi connectivity index (χ0v) is 15.4. The van der Waals surface area contributed by atoms with E-state index in [4.69, 9.17) is 39.5 Å². The first kappa shape index (κ1) is 20.3. The van der Waals surface area contributed by atoms with Gasteiger partial charge in [-0.1, -0.05) is 40.9 Å². The van der Waals surface area contributed by atoms with Gasteiger partial charge in [0.15, 0.2) is 0 Å². The fourth-order valence-corrected chi connectivity index (χ4v) is 2.26. The number of alkyl halides is 3. The molecule has 1 aromatic rings. The number of aromatic nitrogens is 1. The minimum Gasteiger partial charge on any atom is -0.430 e. The highest BCUT2D eigenvalue weighted by molar-refractivity contribution is 7.09. The topological polar surface area (TPSA) is 68.7 Å². The van der Waals surface area contributed by atoms with Crippen molar-refractivity contribution >= 4 is 58.4 Å². The summed E-state index contributed by atoms with van der Waals surface area (Å²) in [6, 6.07) is 0. The van der Waals surface area contributed by atoms with E-state index in [9.17, 15) is 9.90 Å². The van der Waals surface area contributed by atoms with Gasteiger partial charge in [0.05, 0.1) is 11.8 Å². The van der Waals surface area contributed by atoms with Crippen LogP contribution in [0.25, 0.3) is 6.08 Å². The highest BCUT2D eigenvalue weighted by Gasteiger charge is 2.22. The number of rotatable bonds is 7. The monoisotopic (exact) mass is 399 g/mol. The standard InChI is InChI=1S/C14H16Cl3NO4S/c1-3-4-11(19)9(2)5-10-7-23-12(18-10)6-21-13(20)22-8-14(15,16)17/h3,5,7,11,19H,1,4,6,8H2,2H3/b9-5+/t11-/m0/s1. The van der Waals surface area contributed by atoms with E-state index in [0.717, 1.165) is 5.57 Å². The average Bonchev–Trinajstić information content (AvgIpc) is 2.90. The molecule has 0 unspecified atom stereocenters. The van der Waals surface area contributed by atoms with Gasteiger partial charge in [-0.3, -0.25) is 0 Å². The Bertz CT molecular complexity index is 569. The Morgan fingerprint density at radius 3 is 2.83 bits per heavy atom. The lowest BCUT2D eigenvalue weighted by atomic mass is 10.1. The summed E-state index contributed by atoms with van der Waals surface area (Å²) in [5.41, 5.74) is 1.44. The van der Waals surface area contributed by atoms with Crippen LogP contribution in [0.2, 0.25) is 0 Å². The van der Waals surface area contributed by atoms with E-state index >= 15 is 0 Å². The lowest BCUT2D eigenvalue weighted by molar-refractivity contribution is 0.0511. The van der Waals surface area contributed by atoms with E-state index in [1.165, 1.54) is 11.3 Å².